The maximum absolute atomic E-state index is 12.1. The largest absolute Gasteiger partial charge is 0.384 e. The van der Waals surface area contributed by atoms with Crippen molar-refractivity contribution >= 4 is 5.91 Å². The summed E-state index contributed by atoms with van der Waals surface area (Å²) in [5.41, 5.74) is 0. The molecule has 1 aliphatic rings. The van der Waals surface area contributed by atoms with Crippen molar-refractivity contribution < 1.29 is 28.8 Å². The molecule has 0 aromatic heterocycles. The van der Waals surface area contributed by atoms with E-state index in [0.29, 0.717) is 13.2 Å². The van der Waals surface area contributed by atoms with Crippen molar-refractivity contribution in [3.8, 4) is 0 Å². The van der Waals surface area contributed by atoms with Crippen LogP contribution in [0.2, 0.25) is 0 Å². The number of amides is 1. The predicted octanol–water partition coefficient (Wildman–Crippen LogP) is -0.0322. The molecule has 20 heavy (non-hydrogen) atoms. The summed E-state index contributed by atoms with van der Waals surface area (Å²) in [5, 5.41) is 9.54. The molecule has 7 nitrogen and oxygen atoms in total. The van der Waals surface area contributed by atoms with Crippen molar-refractivity contribution in [1.29, 1.82) is 0 Å². The zero-order chi connectivity index (χ0) is 15.0. The second-order valence-corrected chi connectivity index (χ2v) is 4.86. The maximum Gasteiger partial charge on any atom is 0.251 e. The van der Waals surface area contributed by atoms with E-state index in [1.807, 2.05) is 0 Å². The van der Waals surface area contributed by atoms with Crippen LogP contribution in [0.15, 0.2) is 0 Å². The van der Waals surface area contributed by atoms with Gasteiger partial charge in [0, 0.05) is 14.2 Å². The third-order valence-electron chi connectivity index (χ3n) is 3.25. The first kappa shape index (κ1) is 17.3. The molecule has 1 saturated heterocycles. The Morgan fingerprint density at radius 3 is 1.95 bits per heavy atom. The Labute approximate surface area is 119 Å². The van der Waals surface area contributed by atoms with Crippen molar-refractivity contribution in [2.24, 2.45) is 0 Å². The number of aliphatic hydroxyl groups is 1. The Bertz CT molecular complexity index is 268. The highest BCUT2D eigenvalue weighted by Crippen LogP contribution is 2.25. The summed E-state index contributed by atoms with van der Waals surface area (Å²) in [6.07, 6.45) is 0.620. The number of methoxy groups -OCH3 is 2. The van der Waals surface area contributed by atoms with Gasteiger partial charge < -0.3 is 29.0 Å². The zero-order valence-electron chi connectivity index (χ0n) is 12.4. The molecule has 0 aliphatic carbocycles. The van der Waals surface area contributed by atoms with E-state index in [1.54, 1.807) is 19.1 Å². The van der Waals surface area contributed by atoms with Gasteiger partial charge in [-0.05, 0) is 19.8 Å². The minimum absolute atomic E-state index is 0.0524. The van der Waals surface area contributed by atoms with Crippen molar-refractivity contribution in [2.45, 2.75) is 38.0 Å². The molecular weight excluding hydrogens is 266 g/mol. The Kier molecular flexibility index (Phi) is 8.01. The molecule has 0 radical (unpaired) electrons. The van der Waals surface area contributed by atoms with Gasteiger partial charge in [-0.25, -0.2) is 0 Å². The Morgan fingerprint density at radius 2 is 1.60 bits per heavy atom. The Hall–Kier alpha value is -0.730. The molecule has 1 N–H and O–H groups in total. The highest BCUT2D eigenvalue weighted by Gasteiger charge is 2.38. The van der Waals surface area contributed by atoms with Crippen LogP contribution in [0.25, 0.3) is 0 Å². The third-order valence-corrected chi connectivity index (χ3v) is 3.25. The van der Waals surface area contributed by atoms with Gasteiger partial charge in [-0.2, -0.15) is 0 Å². The minimum Gasteiger partial charge on any atom is -0.384 e. The van der Waals surface area contributed by atoms with E-state index < -0.39 is 6.10 Å². The lowest BCUT2D eigenvalue weighted by atomic mass is 10.2. The van der Waals surface area contributed by atoms with Gasteiger partial charge in [-0.1, -0.05) is 0 Å². The first-order valence-electron chi connectivity index (χ1n) is 6.75. The smallest absolute Gasteiger partial charge is 0.251 e. The zero-order valence-corrected chi connectivity index (χ0v) is 12.4. The average Bonchev–Trinajstić information content (AvgIpc) is 2.81. The van der Waals surface area contributed by atoms with E-state index in [4.69, 9.17) is 18.9 Å². The standard InChI is InChI=1S/C13H25NO6/c1-10(15)13(16)14-11(6-19-8-17-2)4-5-12(14)7-20-9-18-3/h10-12,15H,4-9H2,1-3H3/t10-,11+,12+/m0/s1. The van der Waals surface area contributed by atoms with Crippen LogP contribution in [0, 0.1) is 0 Å². The van der Waals surface area contributed by atoms with Crippen LogP contribution < -0.4 is 0 Å². The SMILES string of the molecule is COCOC[C@H]1CC[C@H](COCOC)N1C(=O)[C@H](C)O. The van der Waals surface area contributed by atoms with Crippen molar-refractivity contribution in [3.05, 3.63) is 0 Å². The molecule has 0 spiro atoms. The summed E-state index contributed by atoms with van der Waals surface area (Å²) in [4.78, 5) is 13.8. The van der Waals surface area contributed by atoms with E-state index in [9.17, 15) is 9.90 Å². The van der Waals surface area contributed by atoms with E-state index in [1.165, 1.54) is 6.92 Å². The van der Waals surface area contributed by atoms with Gasteiger partial charge >= 0.3 is 0 Å². The number of hydrogen-bond donors (Lipinski definition) is 1. The molecule has 1 heterocycles. The molecule has 1 rings (SSSR count). The molecule has 118 valence electrons. The van der Waals surface area contributed by atoms with Crippen LogP contribution in [-0.4, -0.2) is 75.1 Å². The number of carbonyl (C=O) groups excluding carboxylic acids is 1. The van der Waals surface area contributed by atoms with Crippen LogP contribution in [0.4, 0.5) is 0 Å². The second-order valence-electron chi connectivity index (χ2n) is 4.86. The number of carbonyl (C=O) groups is 1. The summed E-state index contributed by atoms with van der Waals surface area (Å²) in [6.45, 7) is 2.65. The van der Waals surface area contributed by atoms with Gasteiger partial charge in [0.05, 0.1) is 25.3 Å². The lowest BCUT2D eigenvalue weighted by molar-refractivity contribution is -0.147. The molecule has 1 fully saturated rings. The Morgan fingerprint density at radius 1 is 1.15 bits per heavy atom. The molecule has 0 aromatic carbocycles. The molecule has 3 atom stereocenters. The lowest BCUT2D eigenvalue weighted by Crippen LogP contribution is -2.48. The van der Waals surface area contributed by atoms with Crippen molar-refractivity contribution in [3.63, 3.8) is 0 Å². The highest BCUT2D eigenvalue weighted by atomic mass is 16.7. The topological polar surface area (TPSA) is 77.5 Å². The number of nitrogens with zero attached hydrogens (tertiary/aromatic N) is 1. The summed E-state index contributed by atoms with van der Waals surface area (Å²) in [7, 11) is 3.10. The highest BCUT2D eigenvalue weighted by molar-refractivity contribution is 5.81. The number of ether oxygens (including phenoxy) is 4. The van der Waals surface area contributed by atoms with Crippen LogP contribution in [0.5, 0.6) is 0 Å². The molecule has 0 saturated carbocycles. The molecular formula is C13H25NO6. The lowest BCUT2D eigenvalue weighted by Gasteiger charge is -2.31. The van der Waals surface area contributed by atoms with Crippen LogP contribution >= 0.6 is 0 Å². The van der Waals surface area contributed by atoms with Crippen LogP contribution in [-0.2, 0) is 23.7 Å². The van der Waals surface area contributed by atoms with Gasteiger partial charge in [0.1, 0.15) is 19.7 Å². The van der Waals surface area contributed by atoms with Gasteiger partial charge in [-0.15, -0.1) is 0 Å². The predicted molar refractivity (Wildman–Crippen MR) is 71.0 cm³/mol. The summed E-state index contributed by atoms with van der Waals surface area (Å²) < 4.78 is 20.3. The van der Waals surface area contributed by atoms with E-state index in [-0.39, 0.29) is 31.6 Å². The summed E-state index contributed by atoms with van der Waals surface area (Å²) >= 11 is 0. The van der Waals surface area contributed by atoms with Gasteiger partial charge in [-0.3, -0.25) is 4.79 Å². The van der Waals surface area contributed by atoms with Crippen molar-refractivity contribution in [2.75, 3.05) is 41.0 Å². The van der Waals surface area contributed by atoms with E-state index in [0.717, 1.165) is 12.8 Å². The second kappa shape index (κ2) is 9.25. The number of hydrogen-bond acceptors (Lipinski definition) is 6. The molecule has 0 bridgehead atoms. The van der Waals surface area contributed by atoms with E-state index in [2.05, 4.69) is 0 Å². The number of likely N-dealkylation sites (tertiary alicyclic amines) is 1. The first-order valence-corrected chi connectivity index (χ1v) is 6.75. The monoisotopic (exact) mass is 291 g/mol. The van der Waals surface area contributed by atoms with Crippen molar-refractivity contribution in [1.82, 2.24) is 4.90 Å². The summed E-state index contributed by atoms with van der Waals surface area (Å²) in [6, 6.07) is -0.105. The Balaban J connectivity index is 2.58. The van der Waals surface area contributed by atoms with E-state index >= 15 is 0 Å². The molecule has 1 aliphatic heterocycles. The summed E-state index contributed by atoms with van der Waals surface area (Å²) in [5.74, 6) is -0.292. The van der Waals surface area contributed by atoms with Gasteiger partial charge in [0.15, 0.2) is 0 Å². The molecule has 1 amide bonds. The van der Waals surface area contributed by atoms with Gasteiger partial charge in [0.25, 0.3) is 5.91 Å². The quantitative estimate of drug-likeness (QED) is 0.475. The maximum atomic E-state index is 12.1. The normalized spacial score (nSPS) is 24.1. The fraction of sp³-hybridized carbons (Fsp3) is 0.923. The molecule has 0 aromatic rings. The average molecular weight is 291 g/mol. The fourth-order valence-corrected chi connectivity index (χ4v) is 2.40. The van der Waals surface area contributed by atoms with Crippen LogP contribution in [0.3, 0.4) is 0 Å². The van der Waals surface area contributed by atoms with Gasteiger partial charge in [0.2, 0.25) is 0 Å². The fourth-order valence-electron chi connectivity index (χ4n) is 2.40. The first-order chi connectivity index (χ1) is 9.61. The number of aliphatic hydroxyl groups excluding tert-OH is 1. The third kappa shape index (κ3) is 4.99. The minimum atomic E-state index is -1.03. The number of rotatable bonds is 9. The van der Waals surface area contributed by atoms with Crippen LogP contribution in [0.1, 0.15) is 19.8 Å². The molecule has 7 heteroatoms. The molecule has 0 unspecified atom stereocenters.